The minimum Gasteiger partial charge on any atom is -0.495 e. The first-order valence-electron chi connectivity index (χ1n) is 4.86. The zero-order chi connectivity index (χ0) is 12.3. The molecular weight excluding hydrogens is 230 g/mol. The molecule has 0 radical (unpaired) electrons. The van der Waals surface area contributed by atoms with Crippen LogP contribution in [-0.4, -0.2) is 25.4 Å². The Morgan fingerprint density at radius 1 is 1.25 bits per heavy atom. The summed E-state index contributed by atoms with van der Waals surface area (Å²) in [5.41, 5.74) is 6.24. The first kappa shape index (κ1) is 13.1. The first-order valence-corrected chi connectivity index (χ1v) is 5.24. The molecule has 16 heavy (non-hydrogen) atoms. The molecule has 0 bridgehead atoms. The summed E-state index contributed by atoms with van der Waals surface area (Å²) in [7, 11) is 3.01. The van der Waals surface area contributed by atoms with Gasteiger partial charge in [-0.25, -0.2) is 0 Å². The van der Waals surface area contributed by atoms with Crippen LogP contribution in [0.15, 0.2) is 12.1 Å². The Balaban J connectivity index is 3.21. The molecule has 1 aromatic rings. The summed E-state index contributed by atoms with van der Waals surface area (Å²) in [5.74, 6) is 0.909. The van der Waals surface area contributed by atoms with E-state index in [2.05, 4.69) is 0 Å². The fourth-order valence-corrected chi connectivity index (χ4v) is 1.63. The summed E-state index contributed by atoms with van der Waals surface area (Å²) in [6.45, 7) is 1.72. The van der Waals surface area contributed by atoms with E-state index < -0.39 is 6.10 Å². The third-order valence-electron chi connectivity index (χ3n) is 2.31. The molecule has 1 aromatic carbocycles. The number of benzene rings is 1. The number of hydrogen-bond acceptors (Lipinski definition) is 4. The maximum Gasteiger partial charge on any atom is 0.141 e. The van der Waals surface area contributed by atoms with Crippen molar-refractivity contribution in [2.24, 2.45) is 5.73 Å². The van der Waals surface area contributed by atoms with Gasteiger partial charge in [-0.3, -0.25) is 0 Å². The van der Waals surface area contributed by atoms with Gasteiger partial charge >= 0.3 is 0 Å². The Morgan fingerprint density at radius 3 is 2.00 bits per heavy atom. The zero-order valence-electron chi connectivity index (χ0n) is 9.53. The molecule has 3 N–H and O–H groups in total. The van der Waals surface area contributed by atoms with Gasteiger partial charge in [0.05, 0.1) is 20.3 Å². The van der Waals surface area contributed by atoms with Crippen LogP contribution in [0.2, 0.25) is 5.02 Å². The van der Waals surface area contributed by atoms with Crippen LogP contribution in [0.5, 0.6) is 11.5 Å². The Labute approximate surface area is 99.9 Å². The monoisotopic (exact) mass is 245 g/mol. The minimum atomic E-state index is -0.778. The summed E-state index contributed by atoms with van der Waals surface area (Å²) in [6, 6.07) is 2.92. The van der Waals surface area contributed by atoms with Crippen LogP contribution >= 0.6 is 11.6 Å². The normalized spacial score (nSPS) is 14.4. The second kappa shape index (κ2) is 5.39. The summed E-state index contributed by atoms with van der Waals surface area (Å²) in [6.07, 6.45) is -0.778. The van der Waals surface area contributed by atoms with Crippen molar-refractivity contribution >= 4 is 11.6 Å². The number of aliphatic hydroxyl groups is 1. The van der Waals surface area contributed by atoms with Gasteiger partial charge in [0.1, 0.15) is 16.5 Å². The molecular formula is C11H16ClNO3. The van der Waals surface area contributed by atoms with E-state index in [1.165, 1.54) is 14.2 Å². The van der Waals surface area contributed by atoms with Crippen LogP contribution in [-0.2, 0) is 0 Å². The van der Waals surface area contributed by atoms with Crippen molar-refractivity contribution in [2.75, 3.05) is 14.2 Å². The smallest absolute Gasteiger partial charge is 0.141 e. The molecule has 0 saturated carbocycles. The number of nitrogens with two attached hydrogens (primary N) is 1. The number of ether oxygens (including phenoxy) is 2. The van der Waals surface area contributed by atoms with Gasteiger partial charge in [-0.15, -0.1) is 0 Å². The number of rotatable bonds is 4. The number of aliphatic hydroxyl groups excluding tert-OH is 1. The molecule has 0 spiro atoms. The van der Waals surface area contributed by atoms with Gasteiger partial charge in [0.2, 0.25) is 0 Å². The van der Waals surface area contributed by atoms with E-state index >= 15 is 0 Å². The van der Waals surface area contributed by atoms with Gasteiger partial charge in [-0.05, 0) is 24.6 Å². The molecule has 5 heteroatoms. The molecule has 0 amide bonds. The topological polar surface area (TPSA) is 64.7 Å². The van der Waals surface area contributed by atoms with Crippen molar-refractivity contribution in [3.8, 4) is 11.5 Å². The van der Waals surface area contributed by atoms with E-state index in [9.17, 15) is 5.11 Å². The van der Waals surface area contributed by atoms with Crippen LogP contribution in [0.3, 0.4) is 0 Å². The van der Waals surface area contributed by atoms with E-state index in [0.29, 0.717) is 22.1 Å². The number of hydrogen-bond donors (Lipinski definition) is 2. The average molecular weight is 246 g/mol. The zero-order valence-corrected chi connectivity index (χ0v) is 10.3. The van der Waals surface area contributed by atoms with Crippen LogP contribution in [0.25, 0.3) is 0 Å². The molecule has 0 heterocycles. The number of methoxy groups -OCH3 is 2. The second-order valence-electron chi connectivity index (χ2n) is 3.54. The maximum absolute atomic E-state index is 9.85. The summed E-state index contributed by atoms with van der Waals surface area (Å²) in [4.78, 5) is 0. The Morgan fingerprint density at radius 2 is 1.69 bits per heavy atom. The van der Waals surface area contributed by atoms with Crippen molar-refractivity contribution < 1.29 is 14.6 Å². The minimum absolute atomic E-state index is 0.379. The third-order valence-corrected chi connectivity index (χ3v) is 2.68. The molecule has 4 nitrogen and oxygen atoms in total. The quantitative estimate of drug-likeness (QED) is 0.848. The molecule has 1 rings (SSSR count). The van der Waals surface area contributed by atoms with Crippen molar-refractivity contribution in [3.63, 3.8) is 0 Å². The highest BCUT2D eigenvalue weighted by Gasteiger charge is 2.17. The highest BCUT2D eigenvalue weighted by atomic mass is 35.5. The predicted octanol–water partition coefficient (Wildman–Crippen LogP) is 1.74. The van der Waals surface area contributed by atoms with Gasteiger partial charge in [-0.1, -0.05) is 11.6 Å². The average Bonchev–Trinajstić information content (AvgIpc) is 2.28. The SMILES string of the molecule is COc1cc([C@H](O)[C@@H](C)N)cc(OC)c1Cl. The van der Waals surface area contributed by atoms with E-state index in [1.54, 1.807) is 19.1 Å². The molecule has 0 aliphatic heterocycles. The van der Waals surface area contributed by atoms with Crippen LogP contribution in [0.4, 0.5) is 0 Å². The molecule has 0 unspecified atom stereocenters. The Bertz CT molecular complexity index is 343. The first-order chi connectivity index (χ1) is 7.51. The van der Waals surface area contributed by atoms with Gasteiger partial charge in [0.15, 0.2) is 0 Å². The van der Waals surface area contributed by atoms with Crippen molar-refractivity contribution in [2.45, 2.75) is 19.1 Å². The van der Waals surface area contributed by atoms with Crippen LogP contribution in [0.1, 0.15) is 18.6 Å². The molecule has 0 aliphatic rings. The van der Waals surface area contributed by atoms with E-state index in [-0.39, 0.29) is 6.04 Å². The number of halogens is 1. The lowest BCUT2D eigenvalue weighted by atomic mass is 10.0. The van der Waals surface area contributed by atoms with E-state index in [1.807, 2.05) is 0 Å². The van der Waals surface area contributed by atoms with Crippen LogP contribution < -0.4 is 15.2 Å². The van der Waals surface area contributed by atoms with Crippen LogP contribution in [0, 0.1) is 0 Å². The Kier molecular flexibility index (Phi) is 4.41. The molecule has 0 aliphatic carbocycles. The lowest BCUT2D eigenvalue weighted by Crippen LogP contribution is -2.24. The highest BCUT2D eigenvalue weighted by molar-refractivity contribution is 6.33. The van der Waals surface area contributed by atoms with Crippen molar-refractivity contribution in [1.82, 2.24) is 0 Å². The van der Waals surface area contributed by atoms with Gasteiger partial charge < -0.3 is 20.3 Å². The summed E-state index contributed by atoms with van der Waals surface area (Å²) in [5, 5.41) is 10.2. The fourth-order valence-electron chi connectivity index (χ4n) is 1.36. The third kappa shape index (κ3) is 2.58. The van der Waals surface area contributed by atoms with E-state index in [0.717, 1.165) is 0 Å². The maximum atomic E-state index is 9.85. The lowest BCUT2D eigenvalue weighted by molar-refractivity contribution is 0.152. The van der Waals surface area contributed by atoms with Crippen molar-refractivity contribution in [3.05, 3.63) is 22.7 Å². The van der Waals surface area contributed by atoms with E-state index in [4.69, 9.17) is 26.8 Å². The Hall–Kier alpha value is -0.970. The van der Waals surface area contributed by atoms with Gasteiger partial charge in [0.25, 0.3) is 0 Å². The molecule has 0 saturated heterocycles. The van der Waals surface area contributed by atoms with Gasteiger partial charge in [0, 0.05) is 6.04 Å². The fraction of sp³-hybridized carbons (Fsp3) is 0.455. The second-order valence-corrected chi connectivity index (χ2v) is 3.92. The molecule has 2 atom stereocenters. The highest BCUT2D eigenvalue weighted by Crippen LogP contribution is 2.37. The molecule has 0 aromatic heterocycles. The predicted molar refractivity (Wildman–Crippen MR) is 63.2 cm³/mol. The van der Waals surface area contributed by atoms with Gasteiger partial charge in [-0.2, -0.15) is 0 Å². The molecule has 90 valence electrons. The summed E-state index contributed by atoms with van der Waals surface area (Å²) < 4.78 is 10.2. The largest absolute Gasteiger partial charge is 0.495 e. The standard InChI is InChI=1S/C11H16ClNO3/c1-6(13)11(14)7-4-8(15-2)10(12)9(5-7)16-3/h4-6,11,14H,13H2,1-3H3/t6-,11-/m1/s1. The summed E-state index contributed by atoms with van der Waals surface area (Å²) >= 11 is 6.00. The van der Waals surface area contributed by atoms with Crippen molar-refractivity contribution in [1.29, 1.82) is 0 Å². The molecule has 0 fully saturated rings. The lowest BCUT2D eigenvalue weighted by Gasteiger charge is -2.17.